The molecule has 3 N–H and O–H groups in total. The van der Waals surface area contributed by atoms with E-state index in [9.17, 15) is 0 Å². The fourth-order valence-electron chi connectivity index (χ4n) is 2.58. The smallest absolute Gasteiger partial charge is 0.187 e. The minimum Gasteiger partial charge on any atom is -0.389 e. The summed E-state index contributed by atoms with van der Waals surface area (Å²) in [6.07, 6.45) is 6.80. The van der Waals surface area contributed by atoms with Crippen LogP contribution < -0.4 is 11.1 Å². The molecule has 110 valence electrons. The van der Waals surface area contributed by atoms with Crippen molar-refractivity contribution in [2.75, 3.05) is 11.6 Å². The van der Waals surface area contributed by atoms with Crippen molar-refractivity contribution in [3.05, 3.63) is 34.3 Å². The summed E-state index contributed by atoms with van der Waals surface area (Å²) < 4.78 is 0. The summed E-state index contributed by atoms with van der Waals surface area (Å²) in [4.78, 5) is 7.65. The van der Waals surface area contributed by atoms with Crippen LogP contribution in [-0.4, -0.2) is 16.2 Å². The number of anilines is 2. The van der Waals surface area contributed by atoms with E-state index in [-0.39, 0.29) is 0 Å². The van der Waals surface area contributed by atoms with Crippen molar-refractivity contribution >= 4 is 51.1 Å². The van der Waals surface area contributed by atoms with Gasteiger partial charge in [0.25, 0.3) is 0 Å². The highest BCUT2D eigenvalue weighted by Crippen LogP contribution is 2.34. The quantitative estimate of drug-likeness (QED) is 0.650. The van der Waals surface area contributed by atoms with Gasteiger partial charge in [0, 0.05) is 15.3 Å². The van der Waals surface area contributed by atoms with Gasteiger partial charge in [-0.1, -0.05) is 18.3 Å². The lowest BCUT2D eigenvalue weighted by atomic mass is 10.0. The van der Waals surface area contributed by atoms with Crippen LogP contribution in [0.4, 0.5) is 10.8 Å². The lowest BCUT2D eigenvalue weighted by Gasteiger charge is -2.12. The number of nitrogens with one attached hydrogen (secondary N) is 1. The highest BCUT2D eigenvalue weighted by Gasteiger charge is 2.17. The average molecular weight is 336 g/mol. The Labute approximate surface area is 138 Å². The van der Waals surface area contributed by atoms with Gasteiger partial charge in [-0.15, -0.1) is 23.1 Å². The Bertz CT molecular complexity index is 655. The molecule has 1 heterocycles. The fraction of sp³-hybridized carbons (Fsp3) is 0.333. The van der Waals surface area contributed by atoms with Gasteiger partial charge in [0.2, 0.25) is 0 Å². The van der Waals surface area contributed by atoms with Gasteiger partial charge in [-0.2, -0.15) is 0 Å². The predicted octanol–water partition coefficient (Wildman–Crippen LogP) is 4.12. The zero-order chi connectivity index (χ0) is 14.8. The van der Waals surface area contributed by atoms with Gasteiger partial charge in [-0.05, 0) is 44.1 Å². The number of nitrogens with two attached hydrogens (primary N) is 1. The minimum absolute atomic E-state index is 0.420. The number of fused-ring (bicyclic) bond motifs is 1. The number of thiocarbonyl (C=S) groups is 1. The van der Waals surface area contributed by atoms with E-state index in [0.717, 1.165) is 34.1 Å². The van der Waals surface area contributed by atoms with E-state index >= 15 is 0 Å². The largest absolute Gasteiger partial charge is 0.389 e. The number of hydrogen-bond acceptors (Lipinski definition) is 5. The van der Waals surface area contributed by atoms with E-state index in [0.29, 0.717) is 4.99 Å². The summed E-state index contributed by atoms with van der Waals surface area (Å²) >= 11 is 8.62. The predicted molar refractivity (Wildman–Crippen MR) is 96.1 cm³/mol. The number of benzene rings is 1. The van der Waals surface area contributed by atoms with Gasteiger partial charge >= 0.3 is 0 Å². The maximum atomic E-state index is 5.90. The van der Waals surface area contributed by atoms with Gasteiger partial charge in [0.1, 0.15) is 4.99 Å². The van der Waals surface area contributed by atoms with Crippen molar-refractivity contribution < 1.29 is 0 Å². The van der Waals surface area contributed by atoms with E-state index in [1.54, 1.807) is 23.1 Å². The molecule has 1 aromatic carbocycles. The Morgan fingerprint density at radius 2 is 2.19 bits per heavy atom. The molecule has 0 unspecified atom stereocenters. The molecule has 3 nitrogen and oxygen atoms in total. The van der Waals surface area contributed by atoms with Crippen LogP contribution in [0.25, 0.3) is 0 Å². The molecule has 0 fully saturated rings. The van der Waals surface area contributed by atoms with Crippen molar-refractivity contribution in [1.29, 1.82) is 0 Å². The van der Waals surface area contributed by atoms with Crippen LogP contribution in [0.1, 0.15) is 29.0 Å². The van der Waals surface area contributed by atoms with Crippen LogP contribution in [-0.2, 0) is 12.8 Å². The number of thioether (sulfide) groups is 1. The molecule has 0 atom stereocenters. The van der Waals surface area contributed by atoms with Crippen molar-refractivity contribution in [2.24, 2.45) is 5.73 Å². The lowest BCUT2D eigenvalue weighted by Crippen LogP contribution is -2.13. The van der Waals surface area contributed by atoms with E-state index in [1.807, 2.05) is 24.5 Å². The second-order valence-corrected chi connectivity index (χ2v) is 7.34. The molecule has 0 spiro atoms. The van der Waals surface area contributed by atoms with Crippen LogP contribution in [0.15, 0.2) is 23.1 Å². The molecule has 0 saturated carbocycles. The highest BCUT2D eigenvalue weighted by molar-refractivity contribution is 7.98. The molecule has 1 aliphatic rings. The first-order valence-corrected chi connectivity index (χ1v) is 9.36. The molecule has 0 bridgehead atoms. The van der Waals surface area contributed by atoms with E-state index in [1.165, 1.54) is 23.4 Å². The third kappa shape index (κ3) is 3.07. The first-order chi connectivity index (χ1) is 10.2. The van der Waals surface area contributed by atoms with Crippen LogP contribution >= 0.6 is 35.3 Å². The summed E-state index contributed by atoms with van der Waals surface area (Å²) in [5, 5.41) is 4.35. The Balaban J connectivity index is 1.94. The van der Waals surface area contributed by atoms with Crippen molar-refractivity contribution in [3.63, 3.8) is 0 Å². The maximum Gasteiger partial charge on any atom is 0.187 e. The Kier molecular flexibility index (Phi) is 4.47. The van der Waals surface area contributed by atoms with Gasteiger partial charge in [0.05, 0.1) is 11.4 Å². The number of aromatic nitrogens is 1. The fourth-order valence-corrected chi connectivity index (χ4v) is 4.57. The molecule has 0 amide bonds. The number of rotatable bonds is 4. The van der Waals surface area contributed by atoms with Crippen molar-refractivity contribution in [3.8, 4) is 0 Å². The van der Waals surface area contributed by atoms with Gasteiger partial charge in [-0.25, -0.2) is 4.98 Å². The standard InChI is InChI=1S/C15H17N3S3/c1-20-12-8-4-6-10(13(12)14(16)19)18-15-17-9-5-2-3-7-11(9)21-15/h4,6,8H,2-3,5,7H2,1H3,(H2,16,19)(H,17,18). The third-order valence-electron chi connectivity index (χ3n) is 3.58. The Morgan fingerprint density at radius 1 is 1.38 bits per heavy atom. The van der Waals surface area contributed by atoms with E-state index in [4.69, 9.17) is 22.9 Å². The first-order valence-electron chi connectivity index (χ1n) is 6.91. The molecule has 21 heavy (non-hydrogen) atoms. The van der Waals surface area contributed by atoms with Crippen LogP contribution in [0.2, 0.25) is 0 Å². The van der Waals surface area contributed by atoms with Crippen molar-refractivity contribution in [1.82, 2.24) is 4.98 Å². The number of aryl methyl sites for hydroxylation is 2. The first kappa shape index (κ1) is 14.8. The zero-order valence-electron chi connectivity index (χ0n) is 11.8. The van der Waals surface area contributed by atoms with Crippen LogP contribution in [0, 0.1) is 0 Å². The molecule has 0 saturated heterocycles. The van der Waals surface area contributed by atoms with Gasteiger partial charge < -0.3 is 11.1 Å². The SMILES string of the molecule is CSc1cccc(Nc2nc3c(s2)CCCC3)c1C(N)=S. The monoisotopic (exact) mass is 335 g/mol. The average Bonchev–Trinajstić information content (AvgIpc) is 2.88. The van der Waals surface area contributed by atoms with E-state index < -0.39 is 0 Å². The molecule has 6 heteroatoms. The van der Waals surface area contributed by atoms with E-state index in [2.05, 4.69) is 5.32 Å². The molecule has 0 aliphatic heterocycles. The third-order valence-corrected chi connectivity index (χ3v) is 5.64. The zero-order valence-corrected chi connectivity index (χ0v) is 14.3. The molecular formula is C15H17N3S3. The highest BCUT2D eigenvalue weighted by atomic mass is 32.2. The summed E-state index contributed by atoms with van der Waals surface area (Å²) in [5.74, 6) is 0. The topological polar surface area (TPSA) is 50.9 Å². The minimum atomic E-state index is 0.420. The summed E-state index contributed by atoms with van der Waals surface area (Å²) in [7, 11) is 0. The molecule has 2 aromatic rings. The summed E-state index contributed by atoms with van der Waals surface area (Å²) in [6.45, 7) is 0. The van der Waals surface area contributed by atoms with Crippen LogP contribution in [0.5, 0.6) is 0 Å². The normalized spacial score (nSPS) is 13.8. The maximum absolute atomic E-state index is 5.90. The molecule has 1 aromatic heterocycles. The number of hydrogen-bond donors (Lipinski definition) is 2. The Hall–Kier alpha value is -1.11. The molecule has 1 aliphatic carbocycles. The summed E-state index contributed by atoms with van der Waals surface area (Å²) in [6, 6.07) is 6.06. The van der Waals surface area contributed by atoms with Crippen LogP contribution in [0.3, 0.4) is 0 Å². The molecule has 0 radical (unpaired) electrons. The lowest BCUT2D eigenvalue weighted by molar-refractivity contribution is 0.683. The second kappa shape index (κ2) is 6.34. The number of nitrogens with zero attached hydrogens (tertiary/aromatic N) is 1. The van der Waals surface area contributed by atoms with Gasteiger partial charge in [0.15, 0.2) is 5.13 Å². The van der Waals surface area contributed by atoms with Gasteiger partial charge in [-0.3, -0.25) is 0 Å². The molecular weight excluding hydrogens is 318 g/mol. The summed E-state index contributed by atoms with van der Waals surface area (Å²) in [5.41, 5.74) is 9.01. The molecule has 3 rings (SSSR count). The number of thiazole rings is 1. The van der Waals surface area contributed by atoms with Crippen molar-refractivity contribution in [2.45, 2.75) is 30.6 Å². The second-order valence-electron chi connectivity index (χ2n) is 4.97. The Morgan fingerprint density at radius 3 is 2.90 bits per heavy atom.